The SMILES string of the molecule is NCc1ccc(Oc2ncc([N+](=O)[O-])cc2C(N)=O)cc1. The van der Waals surface area contributed by atoms with Crippen molar-refractivity contribution >= 4 is 11.6 Å². The van der Waals surface area contributed by atoms with Crippen LogP contribution in [0.3, 0.4) is 0 Å². The number of carbonyl (C=O) groups excluding carboxylic acids is 1. The van der Waals surface area contributed by atoms with Crippen LogP contribution < -0.4 is 16.2 Å². The normalized spacial score (nSPS) is 10.1. The lowest BCUT2D eigenvalue weighted by Gasteiger charge is -2.08. The fourth-order valence-corrected chi connectivity index (χ4v) is 1.60. The molecule has 0 atom stereocenters. The molecule has 0 unspecified atom stereocenters. The third kappa shape index (κ3) is 3.31. The lowest BCUT2D eigenvalue weighted by molar-refractivity contribution is -0.385. The molecule has 1 aromatic carbocycles. The summed E-state index contributed by atoms with van der Waals surface area (Å²) in [6.45, 7) is 0.391. The van der Waals surface area contributed by atoms with Crippen molar-refractivity contribution in [3.05, 3.63) is 57.8 Å². The maximum atomic E-state index is 11.4. The van der Waals surface area contributed by atoms with Gasteiger partial charge in [0, 0.05) is 12.6 Å². The minimum absolute atomic E-state index is 0.0893. The minimum Gasteiger partial charge on any atom is -0.438 e. The molecule has 1 amide bonds. The summed E-state index contributed by atoms with van der Waals surface area (Å²) in [5, 5.41) is 10.7. The molecule has 0 bridgehead atoms. The van der Waals surface area contributed by atoms with Crippen LogP contribution in [0.5, 0.6) is 11.6 Å². The Kier molecular flexibility index (Phi) is 4.10. The Morgan fingerprint density at radius 1 is 1.33 bits per heavy atom. The first-order chi connectivity index (χ1) is 10.0. The molecule has 0 spiro atoms. The molecule has 2 rings (SSSR count). The van der Waals surface area contributed by atoms with Gasteiger partial charge in [0.1, 0.15) is 17.5 Å². The van der Waals surface area contributed by atoms with E-state index in [9.17, 15) is 14.9 Å². The van der Waals surface area contributed by atoms with Gasteiger partial charge in [-0.25, -0.2) is 4.98 Å². The Balaban J connectivity index is 2.34. The second-order valence-corrected chi connectivity index (χ2v) is 4.12. The second kappa shape index (κ2) is 5.97. The van der Waals surface area contributed by atoms with Gasteiger partial charge in [0.05, 0.1) is 4.92 Å². The highest BCUT2D eigenvalue weighted by Gasteiger charge is 2.17. The zero-order valence-electron chi connectivity index (χ0n) is 10.9. The number of aromatic nitrogens is 1. The Morgan fingerprint density at radius 3 is 2.52 bits per heavy atom. The van der Waals surface area contributed by atoms with E-state index in [0.29, 0.717) is 12.3 Å². The number of primary amides is 1. The van der Waals surface area contributed by atoms with E-state index in [2.05, 4.69) is 4.98 Å². The maximum absolute atomic E-state index is 11.4. The van der Waals surface area contributed by atoms with Crippen LogP contribution in [-0.4, -0.2) is 15.8 Å². The highest BCUT2D eigenvalue weighted by molar-refractivity contribution is 5.95. The summed E-state index contributed by atoms with van der Waals surface area (Å²) in [6, 6.07) is 7.83. The van der Waals surface area contributed by atoms with E-state index in [4.69, 9.17) is 16.2 Å². The molecule has 108 valence electrons. The van der Waals surface area contributed by atoms with E-state index in [1.807, 2.05) is 0 Å². The van der Waals surface area contributed by atoms with Crippen LogP contribution in [0.15, 0.2) is 36.5 Å². The molecule has 8 heteroatoms. The van der Waals surface area contributed by atoms with Crippen LogP contribution in [-0.2, 0) is 6.54 Å². The molecule has 4 N–H and O–H groups in total. The van der Waals surface area contributed by atoms with Gasteiger partial charge in [-0.15, -0.1) is 0 Å². The number of pyridine rings is 1. The Hall–Kier alpha value is -3.00. The number of hydrogen-bond acceptors (Lipinski definition) is 6. The van der Waals surface area contributed by atoms with Crippen LogP contribution in [0, 0.1) is 10.1 Å². The second-order valence-electron chi connectivity index (χ2n) is 4.12. The van der Waals surface area contributed by atoms with E-state index < -0.39 is 10.8 Å². The highest BCUT2D eigenvalue weighted by Crippen LogP contribution is 2.26. The molecule has 0 fully saturated rings. The fraction of sp³-hybridized carbons (Fsp3) is 0.0769. The van der Waals surface area contributed by atoms with Crippen molar-refractivity contribution in [3.8, 4) is 11.6 Å². The molecule has 0 radical (unpaired) electrons. The molecular formula is C13H12N4O4. The molecule has 0 aliphatic carbocycles. The maximum Gasteiger partial charge on any atom is 0.288 e. The molecule has 0 saturated heterocycles. The van der Waals surface area contributed by atoms with Gasteiger partial charge in [-0.3, -0.25) is 14.9 Å². The number of nitrogens with zero attached hydrogens (tertiary/aromatic N) is 2. The predicted molar refractivity (Wildman–Crippen MR) is 73.8 cm³/mol. The average molecular weight is 288 g/mol. The van der Waals surface area contributed by atoms with Crippen molar-refractivity contribution < 1.29 is 14.5 Å². The van der Waals surface area contributed by atoms with E-state index >= 15 is 0 Å². The molecule has 0 aliphatic heterocycles. The van der Waals surface area contributed by atoms with Crippen molar-refractivity contribution in [1.82, 2.24) is 4.98 Å². The van der Waals surface area contributed by atoms with Gasteiger partial charge in [-0.2, -0.15) is 0 Å². The van der Waals surface area contributed by atoms with Gasteiger partial charge in [-0.1, -0.05) is 12.1 Å². The van der Waals surface area contributed by atoms with Crippen molar-refractivity contribution in [3.63, 3.8) is 0 Å². The molecule has 1 heterocycles. The van der Waals surface area contributed by atoms with Crippen LogP contribution in [0.25, 0.3) is 0 Å². The Bertz CT molecular complexity index is 685. The third-order valence-corrected chi connectivity index (χ3v) is 2.69. The number of amides is 1. The molecule has 0 saturated carbocycles. The standard InChI is InChI=1S/C13H12N4O4/c14-6-8-1-3-10(4-2-8)21-13-11(12(15)18)5-9(7-16-13)17(19)20/h1-5,7H,6,14H2,(H2,15,18). The van der Waals surface area contributed by atoms with Gasteiger partial charge in [0.15, 0.2) is 0 Å². The van der Waals surface area contributed by atoms with Crippen LogP contribution in [0.4, 0.5) is 5.69 Å². The first-order valence-corrected chi connectivity index (χ1v) is 5.92. The summed E-state index contributed by atoms with van der Waals surface area (Å²) in [5.41, 5.74) is 11.1. The van der Waals surface area contributed by atoms with E-state index in [0.717, 1.165) is 17.8 Å². The summed E-state index contributed by atoms with van der Waals surface area (Å²) in [5.74, 6) is -0.538. The van der Waals surface area contributed by atoms with E-state index in [1.54, 1.807) is 24.3 Å². The van der Waals surface area contributed by atoms with Gasteiger partial charge in [0.2, 0.25) is 5.88 Å². The number of ether oxygens (including phenoxy) is 1. The molecule has 0 aliphatic rings. The van der Waals surface area contributed by atoms with Gasteiger partial charge in [-0.05, 0) is 17.7 Å². The molecular weight excluding hydrogens is 276 g/mol. The van der Waals surface area contributed by atoms with Crippen LogP contribution in [0.2, 0.25) is 0 Å². The quantitative estimate of drug-likeness (QED) is 0.629. The predicted octanol–water partition coefficient (Wildman–Crippen LogP) is 1.34. The summed E-state index contributed by atoms with van der Waals surface area (Å²) in [6.07, 6.45) is 0.996. The molecule has 1 aromatic heterocycles. The van der Waals surface area contributed by atoms with E-state index in [1.165, 1.54) is 0 Å². The summed E-state index contributed by atoms with van der Waals surface area (Å²) in [4.78, 5) is 25.1. The molecule has 2 aromatic rings. The zero-order chi connectivity index (χ0) is 15.4. The molecule has 8 nitrogen and oxygen atoms in total. The first kappa shape index (κ1) is 14.4. The number of rotatable bonds is 5. The number of carbonyl (C=O) groups is 1. The summed E-state index contributed by atoms with van der Waals surface area (Å²) in [7, 11) is 0. The summed E-state index contributed by atoms with van der Waals surface area (Å²) >= 11 is 0. The number of nitrogens with two attached hydrogens (primary N) is 2. The van der Waals surface area contributed by atoms with E-state index in [-0.39, 0.29) is 17.1 Å². The first-order valence-electron chi connectivity index (χ1n) is 5.92. The lowest BCUT2D eigenvalue weighted by Crippen LogP contribution is -2.13. The van der Waals surface area contributed by atoms with Gasteiger partial charge >= 0.3 is 0 Å². The number of nitro groups is 1. The van der Waals surface area contributed by atoms with Crippen molar-refractivity contribution in [2.45, 2.75) is 6.54 Å². The fourth-order valence-electron chi connectivity index (χ4n) is 1.60. The van der Waals surface area contributed by atoms with Crippen molar-refractivity contribution in [2.24, 2.45) is 11.5 Å². The number of hydrogen-bond donors (Lipinski definition) is 2. The van der Waals surface area contributed by atoms with Crippen LogP contribution >= 0.6 is 0 Å². The Labute approximate surface area is 119 Å². The lowest BCUT2D eigenvalue weighted by atomic mass is 10.2. The summed E-state index contributed by atoms with van der Waals surface area (Å²) < 4.78 is 5.43. The van der Waals surface area contributed by atoms with Gasteiger partial charge in [0.25, 0.3) is 11.6 Å². The third-order valence-electron chi connectivity index (χ3n) is 2.69. The van der Waals surface area contributed by atoms with Gasteiger partial charge < -0.3 is 16.2 Å². The smallest absolute Gasteiger partial charge is 0.288 e. The number of benzene rings is 1. The van der Waals surface area contributed by atoms with Crippen molar-refractivity contribution in [2.75, 3.05) is 0 Å². The minimum atomic E-state index is -0.861. The van der Waals surface area contributed by atoms with Crippen LogP contribution in [0.1, 0.15) is 15.9 Å². The highest BCUT2D eigenvalue weighted by atomic mass is 16.6. The molecule has 21 heavy (non-hydrogen) atoms. The largest absolute Gasteiger partial charge is 0.438 e. The zero-order valence-corrected chi connectivity index (χ0v) is 10.9. The van der Waals surface area contributed by atoms with Crippen molar-refractivity contribution in [1.29, 1.82) is 0 Å². The monoisotopic (exact) mass is 288 g/mol. The Morgan fingerprint density at radius 2 is 2.00 bits per heavy atom. The topological polar surface area (TPSA) is 134 Å². The average Bonchev–Trinajstić information content (AvgIpc) is 2.48.